The van der Waals surface area contributed by atoms with Crippen molar-refractivity contribution >= 4 is 17.8 Å². The molecule has 6 heteroatoms. The van der Waals surface area contributed by atoms with Crippen molar-refractivity contribution in [3.63, 3.8) is 0 Å². The lowest BCUT2D eigenvalue weighted by atomic mass is 9.97. The van der Waals surface area contributed by atoms with Gasteiger partial charge in [0, 0.05) is 11.6 Å². The van der Waals surface area contributed by atoms with Crippen LogP contribution in [0.15, 0.2) is 36.1 Å². The minimum atomic E-state index is -0.641. The van der Waals surface area contributed by atoms with Crippen molar-refractivity contribution in [1.82, 2.24) is 0 Å². The van der Waals surface area contributed by atoms with E-state index in [0.29, 0.717) is 39.7 Å². The minimum Gasteiger partial charge on any atom is -0.497 e. The van der Waals surface area contributed by atoms with E-state index in [1.165, 1.54) is 0 Å². The first kappa shape index (κ1) is 20.5. The zero-order valence-corrected chi connectivity index (χ0v) is 17.4. The number of esters is 1. The summed E-state index contributed by atoms with van der Waals surface area (Å²) in [6.45, 7) is 7.11. The standard InChI is InChI=1S/C23H24O6/c1-13-9-16(28-22(25)23(2,3)4)12-18-20(13)21(24)19(29-18)11-14-10-15(26-5)7-8-17(14)27-6/h7-12H,1-6H3/b19-11-. The van der Waals surface area contributed by atoms with Crippen LogP contribution in [0.5, 0.6) is 23.0 Å². The summed E-state index contributed by atoms with van der Waals surface area (Å²) in [6.07, 6.45) is 1.62. The number of Topliss-reactive ketones (excluding diaryl/α,β-unsaturated/α-hetero) is 1. The highest BCUT2D eigenvalue weighted by molar-refractivity contribution is 6.15. The molecule has 0 bridgehead atoms. The summed E-state index contributed by atoms with van der Waals surface area (Å²) in [7, 11) is 3.12. The third-order valence-corrected chi connectivity index (χ3v) is 4.49. The van der Waals surface area contributed by atoms with Crippen LogP contribution < -0.4 is 18.9 Å². The van der Waals surface area contributed by atoms with E-state index in [1.54, 1.807) is 78.3 Å². The normalized spacial score (nSPS) is 14.4. The van der Waals surface area contributed by atoms with Gasteiger partial charge in [-0.05, 0) is 63.6 Å². The maximum Gasteiger partial charge on any atom is 0.316 e. The van der Waals surface area contributed by atoms with Crippen LogP contribution in [0.4, 0.5) is 0 Å². The zero-order chi connectivity index (χ0) is 21.3. The number of carbonyl (C=O) groups excluding carboxylic acids is 2. The van der Waals surface area contributed by atoms with E-state index in [4.69, 9.17) is 18.9 Å². The van der Waals surface area contributed by atoms with Gasteiger partial charge < -0.3 is 18.9 Å². The molecule has 0 saturated carbocycles. The predicted octanol–water partition coefficient (Wildman–Crippen LogP) is 4.58. The van der Waals surface area contributed by atoms with E-state index < -0.39 is 5.41 Å². The molecule has 1 aliphatic rings. The van der Waals surface area contributed by atoms with Gasteiger partial charge in [0.2, 0.25) is 5.78 Å². The molecule has 0 amide bonds. The Hall–Kier alpha value is -3.28. The number of fused-ring (bicyclic) bond motifs is 1. The predicted molar refractivity (Wildman–Crippen MR) is 109 cm³/mol. The van der Waals surface area contributed by atoms with Crippen LogP contribution in [-0.4, -0.2) is 26.0 Å². The van der Waals surface area contributed by atoms with Gasteiger partial charge in [-0.15, -0.1) is 0 Å². The Kier molecular flexibility index (Phi) is 5.38. The van der Waals surface area contributed by atoms with Gasteiger partial charge in [0.25, 0.3) is 0 Å². The van der Waals surface area contributed by atoms with Gasteiger partial charge in [0.15, 0.2) is 5.76 Å². The van der Waals surface area contributed by atoms with E-state index in [0.717, 1.165) is 0 Å². The van der Waals surface area contributed by atoms with Gasteiger partial charge in [-0.1, -0.05) is 0 Å². The number of ether oxygens (including phenoxy) is 4. The SMILES string of the molecule is COc1ccc(OC)c(/C=C2\Oc3cc(OC(=O)C(C)(C)C)cc(C)c3C2=O)c1. The number of allylic oxidation sites excluding steroid dienone is 1. The molecule has 0 aromatic heterocycles. The third kappa shape index (κ3) is 4.11. The zero-order valence-electron chi connectivity index (χ0n) is 17.4. The fourth-order valence-corrected chi connectivity index (χ4v) is 2.89. The lowest BCUT2D eigenvalue weighted by Crippen LogP contribution is -2.25. The van der Waals surface area contributed by atoms with E-state index in [1.807, 2.05) is 0 Å². The highest BCUT2D eigenvalue weighted by Crippen LogP contribution is 2.39. The van der Waals surface area contributed by atoms with Gasteiger partial charge in [0.1, 0.15) is 23.0 Å². The lowest BCUT2D eigenvalue weighted by molar-refractivity contribution is -0.143. The van der Waals surface area contributed by atoms with Crippen molar-refractivity contribution in [3.05, 3.63) is 52.8 Å². The Balaban J connectivity index is 1.96. The van der Waals surface area contributed by atoms with Crippen molar-refractivity contribution < 1.29 is 28.5 Å². The Morgan fingerprint density at radius 3 is 2.38 bits per heavy atom. The Morgan fingerprint density at radius 2 is 1.76 bits per heavy atom. The van der Waals surface area contributed by atoms with E-state index in [2.05, 4.69) is 0 Å². The molecule has 0 unspecified atom stereocenters. The summed E-state index contributed by atoms with van der Waals surface area (Å²) in [5.41, 5.74) is 1.14. The maximum absolute atomic E-state index is 12.9. The Bertz CT molecular complexity index is 1010. The van der Waals surface area contributed by atoms with Crippen molar-refractivity contribution in [3.8, 4) is 23.0 Å². The number of benzene rings is 2. The summed E-state index contributed by atoms with van der Waals surface area (Å²) >= 11 is 0. The molecule has 6 nitrogen and oxygen atoms in total. The molecule has 152 valence electrons. The number of ketones is 1. The van der Waals surface area contributed by atoms with Crippen molar-refractivity contribution in [2.45, 2.75) is 27.7 Å². The largest absolute Gasteiger partial charge is 0.497 e. The Morgan fingerprint density at radius 1 is 1.03 bits per heavy atom. The number of hydrogen-bond acceptors (Lipinski definition) is 6. The second-order valence-corrected chi connectivity index (χ2v) is 7.80. The molecule has 0 fully saturated rings. The molecule has 2 aromatic carbocycles. The molecule has 3 rings (SSSR count). The van der Waals surface area contributed by atoms with Crippen molar-refractivity contribution in [2.75, 3.05) is 14.2 Å². The number of rotatable bonds is 4. The third-order valence-electron chi connectivity index (χ3n) is 4.49. The molecule has 1 heterocycles. The first-order valence-corrected chi connectivity index (χ1v) is 9.17. The molecular formula is C23H24O6. The van der Waals surface area contributed by atoms with Crippen LogP contribution in [0.2, 0.25) is 0 Å². The first-order valence-electron chi connectivity index (χ1n) is 9.17. The van der Waals surface area contributed by atoms with Crippen molar-refractivity contribution in [2.24, 2.45) is 5.41 Å². The molecule has 0 N–H and O–H groups in total. The molecule has 0 radical (unpaired) electrons. The molecule has 2 aromatic rings. The van der Waals surface area contributed by atoms with E-state index in [-0.39, 0.29) is 17.5 Å². The van der Waals surface area contributed by atoms with Crippen LogP contribution in [0.1, 0.15) is 42.3 Å². The van der Waals surface area contributed by atoms with Crippen LogP contribution in [0.25, 0.3) is 6.08 Å². The number of aryl methyl sites for hydroxylation is 1. The summed E-state index contributed by atoms with van der Waals surface area (Å²) in [5.74, 6) is 1.48. The minimum absolute atomic E-state index is 0.161. The van der Waals surface area contributed by atoms with E-state index in [9.17, 15) is 9.59 Å². The lowest BCUT2D eigenvalue weighted by Gasteiger charge is -2.16. The average molecular weight is 396 g/mol. The van der Waals surface area contributed by atoms with Gasteiger partial charge in [-0.25, -0.2) is 0 Å². The fourth-order valence-electron chi connectivity index (χ4n) is 2.89. The second kappa shape index (κ2) is 7.62. The van der Waals surface area contributed by atoms with Gasteiger partial charge in [0.05, 0.1) is 25.2 Å². The average Bonchev–Trinajstić information content (AvgIpc) is 2.96. The molecule has 0 spiro atoms. The van der Waals surface area contributed by atoms with Gasteiger partial charge in [-0.2, -0.15) is 0 Å². The smallest absolute Gasteiger partial charge is 0.316 e. The molecule has 0 aliphatic carbocycles. The monoisotopic (exact) mass is 396 g/mol. The first-order chi connectivity index (χ1) is 13.6. The summed E-state index contributed by atoms with van der Waals surface area (Å²) in [6, 6.07) is 8.52. The molecular weight excluding hydrogens is 372 g/mol. The highest BCUT2D eigenvalue weighted by Gasteiger charge is 2.31. The highest BCUT2D eigenvalue weighted by atomic mass is 16.5. The Labute approximate surface area is 170 Å². The topological polar surface area (TPSA) is 71.1 Å². The summed E-state index contributed by atoms with van der Waals surface area (Å²) in [5, 5.41) is 0. The molecule has 1 aliphatic heterocycles. The van der Waals surface area contributed by atoms with E-state index >= 15 is 0 Å². The number of hydrogen-bond donors (Lipinski definition) is 0. The molecule has 0 atom stereocenters. The van der Waals surface area contributed by atoms with Crippen LogP contribution in [0, 0.1) is 12.3 Å². The molecule has 29 heavy (non-hydrogen) atoms. The summed E-state index contributed by atoms with van der Waals surface area (Å²) < 4.78 is 21.9. The van der Waals surface area contributed by atoms with Crippen LogP contribution in [0.3, 0.4) is 0 Å². The van der Waals surface area contributed by atoms with Crippen molar-refractivity contribution in [1.29, 1.82) is 0 Å². The quantitative estimate of drug-likeness (QED) is 0.428. The fraction of sp³-hybridized carbons (Fsp3) is 0.304. The van der Waals surface area contributed by atoms with Crippen LogP contribution in [-0.2, 0) is 4.79 Å². The van der Waals surface area contributed by atoms with Gasteiger partial charge in [-0.3, -0.25) is 9.59 Å². The number of carbonyl (C=O) groups is 2. The second-order valence-electron chi connectivity index (χ2n) is 7.80. The number of methoxy groups -OCH3 is 2. The maximum atomic E-state index is 12.9. The summed E-state index contributed by atoms with van der Waals surface area (Å²) in [4.78, 5) is 25.1. The van der Waals surface area contributed by atoms with Crippen LogP contribution >= 0.6 is 0 Å². The molecule has 0 saturated heterocycles. The van der Waals surface area contributed by atoms with Gasteiger partial charge >= 0.3 is 5.97 Å².